The Balaban J connectivity index is 2.77. The Labute approximate surface area is 121 Å². The third-order valence-corrected chi connectivity index (χ3v) is 2.61. The molecule has 0 saturated carbocycles. The number of nitro benzene ring substituents is 1. The van der Waals surface area contributed by atoms with E-state index in [1.54, 1.807) is 0 Å². The molecule has 21 heavy (non-hydrogen) atoms. The predicted molar refractivity (Wildman–Crippen MR) is 72.7 cm³/mol. The SMILES string of the molecule is CCCCC(Oc1ccc([N+](=O)[O-])cc1)C(=O)OC(N)=O. The van der Waals surface area contributed by atoms with Crippen LogP contribution in [0.4, 0.5) is 10.5 Å². The number of nitro groups is 1. The number of primary amides is 1. The molecule has 1 atom stereocenters. The molecule has 0 radical (unpaired) electrons. The van der Waals surface area contributed by atoms with E-state index in [4.69, 9.17) is 10.5 Å². The topological polar surface area (TPSA) is 122 Å². The van der Waals surface area contributed by atoms with Crippen LogP contribution in [0, 0.1) is 10.1 Å². The van der Waals surface area contributed by atoms with Crippen molar-refractivity contribution in [2.24, 2.45) is 5.73 Å². The summed E-state index contributed by atoms with van der Waals surface area (Å²) in [5.74, 6) is -0.613. The van der Waals surface area contributed by atoms with E-state index in [2.05, 4.69) is 4.74 Å². The Morgan fingerprint density at radius 3 is 2.43 bits per heavy atom. The van der Waals surface area contributed by atoms with Crippen molar-refractivity contribution in [3.63, 3.8) is 0 Å². The Bertz CT molecular complexity index is 514. The van der Waals surface area contributed by atoms with E-state index in [9.17, 15) is 19.7 Å². The average Bonchev–Trinajstić information content (AvgIpc) is 2.43. The van der Waals surface area contributed by atoms with Crippen molar-refractivity contribution in [3.05, 3.63) is 34.4 Å². The molecule has 0 aromatic heterocycles. The largest absolute Gasteiger partial charge is 0.479 e. The first-order valence-electron chi connectivity index (χ1n) is 6.36. The summed E-state index contributed by atoms with van der Waals surface area (Å²) in [6, 6.07) is 5.25. The Kier molecular flexibility index (Phi) is 6.12. The van der Waals surface area contributed by atoms with Gasteiger partial charge in [0.2, 0.25) is 0 Å². The third kappa shape index (κ3) is 5.47. The summed E-state index contributed by atoms with van der Waals surface area (Å²) < 4.78 is 9.72. The molecule has 0 aliphatic heterocycles. The molecular formula is C13H16N2O6. The number of rotatable bonds is 7. The number of carbonyl (C=O) groups is 2. The summed E-state index contributed by atoms with van der Waals surface area (Å²) in [7, 11) is 0. The monoisotopic (exact) mass is 296 g/mol. The van der Waals surface area contributed by atoms with Crippen molar-refractivity contribution in [3.8, 4) is 5.75 Å². The lowest BCUT2D eigenvalue weighted by Crippen LogP contribution is -2.32. The van der Waals surface area contributed by atoms with Crippen LogP contribution in [-0.4, -0.2) is 23.1 Å². The van der Waals surface area contributed by atoms with Gasteiger partial charge in [0.25, 0.3) is 5.69 Å². The molecule has 8 heteroatoms. The van der Waals surface area contributed by atoms with Crippen LogP contribution in [0.2, 0.25) is 0 Å². The molecule has 0 spiro atoms. The molecule has 0 aliphatic carbocycles. The zero-order chi connectivity index (χ0) is 15.8. The zero-order valence-corrected chi connectivity index (χ0v) is 11.5. The maximum absolute atomic E-state index is 11.7. The number of hydrogen-bond acceptors (Lipinski definition) is 6. The van der Waals surface area contributed by atoms with Crippen LogP contribution >= 0.6 is 0 Å². The van der Waals surface area contributed by atoms with Gasteiger partial charge in [-0.2, -0.15) is 0 Å². The lowest BCUT2D eigenvalue weighted by atomic mass is 10.1. The van der Waals surface area contributed by atoms with E-state index in [-0.39, 0.29) is 11.4 Å². The highest BCUT2D eigenvalue weighted by Crippen LogP contribution is 2.20. The predicted octanol–water partition coefficient (Wildman–Crippen LogP) is 2.15. The van der Waals surface area contributed by atoms with Gasteiger partial charge < -0.3 is 15.2 Å². The highest BCUT2D eigenvalue weighted by molar-refractivity contribution is 5.86. The molecular weight excluding hydrogens is 280 g/mol. The minimum absolute atomic E-state index is 0.0906. The fourth-order valence-corrected chi connectivity index (χ4v) is 1.59. The van der Waals surface area contributed by atoms with E-state index in [1.165, 1.54) is 24.3 Å². The van der Waals surface area contributed by atoms with Gasteiger partial charge in [-0.3, -0.25) is 10.1 Å². The van der Waals surface area contributed by atoms with Gasteiger partial charge >= 0.3 is 12.1 Å². The van der Waals surface area contributed by atoms with Crippen LogP contribution in [0.5, 0.6) is 5.75 Å². The second kappa shape index (κ2) is 7.83. The maximum atomic E-state index is 11.7. The number of nitrogens with two attached hydrogens (primary N) is 1. The summed E-state index contributed by atoms with van der Waals surface area (Å²) in [6.45, 7) is 1.93. The van der Waals surface area contributed by atoms with E-state index in [0.29, 0.717) is 12.8 Å². The Morgan fingerprint density at radius 1 is 1.33 bits per heavy atom. The van der Waals surface area contributed by atoms with Gasteiger partial charge in [0.15, 0.2) is 6.10 Å². The molecule has 8 nitrogen and oxygen atoms in total. The van der Waals surface area contributed by atoms with Crippen LogP contribution in [-0.2, 0) is 9.53 Å². The zero-order valence-electron chi connectivity index (χ0n) is 11.5. The van der Waals surface area contributed by atoms with Gasteiger partial charge in [0.1, 0.15) is 5.75 Å². The minimum atomic E-state index is -1.20. The van der Waals surface area contributed by atoms with E-state index in [1.807, 2.05) is 6.92 Å². The van der Waals surface area contributed by atoms with E-state index < -0.39 is 23.1 Å². The molecule has 1 rings (SSSR count). The van der Waals surface area contributed by atoms with Crippen molar-refractivity contribution in [1.82, 2.24) is 0 Å². The summed E-state index contributed by atoms with van der Waals surface area (Å²) in [5, 5.41) is 10.5. The van der Waals surface area contributed by atoms with Crippen molar-refractivity contribution in [2.45, 2.75) is 32.3 Å². The summed E-state index contributed by atoms with van der Waals surface area (Å²) in [6.07, 6.45) is -0.331. The number of ether oxygens (including phenoxy) is 2. The van der Waals surface area contributed by atoms with Gasteiger partial charge in [0.05, 0.1) is 4.92 Å². The number of non-ortho nitro benzene ring substituents is 1. The summed E-state index contributed by atoms with van der Waals surface area (Å²) in [4.78, 5) is 32.3. The first kappa shape index (κ1) is 16.4. The fourth-order valence-electron chi connectivity index (χ4n) is 1.59. The molecule has 0 fully saturated rings. The normalized spacial score (nSPS) is 11.5. The van der Waals surface area contributed by atoms with Gasteiger partial charge in [-0.15, -0.1) is 0 Å². The molecule has 1 amide bonds. The van der Waals surface area contributed by atoms with E-state index in [0.717, 1.165) is 6.42 Å². The minimum Gasteiger partial charge on any atom is -0.479 e. The van der Waals surface area contributed by atoms with Crippen LogP contribution in [0.15, 0.2) is 24.3 Å². The van der Waals surface area contributed by atoms with Crippen LogP contribution in [0.3, 0.4) is 0 Å². The molecule has 0 heterocycles. The molecule has 0 bridgehead atoms. The van der Waals surface area contributed by atoms with Crippen LogP contribution in [0.1, 0.15) is 26.2 Å². The second-order valence-corrected chi connectivity index (χ2v) is 4.24. The van der Waals surface area contributed by atoms with Gasteiger partial charge in [-0.1, -0.05) is 13.3 Å². The highest BCUT2D eigenvalue weighted by atomic mass is 16.6. The number of carbonyl (C=O) groups excluding carboxylic acids is 2. The summed E-state index contributed by atoms with van der Waals surface area (Å²) >= 11 is 0. The third-order valence-electron chi connectivity index (χ3n) is 2.61. The second-order valence-electron chi connectivity index (χ2n) is 4.24. The Hall–Kier alpha value is -2.64. The lowest BCUT2D eigenvalue weighted by molar-refractivity contribution is -0.384. The lowest BCUT2D eigenvalue weighted by Gasteiger charge is -2.16. The molecule has 2 N–H and O–H groups in total. The molecule has 1 aromatic rings. The molecule has 114 valence electrons. The van der Waals surface area contributed by atoms with Gasteiger partial charge in [0, 0.05) is 12.1 Å². The fraction of sp³-hybridized carbons (Fsp3) is 0.385. The number of amides is 1. The maximum Gasteiger partial charge on any atom is 0.412 e. The molecule has 0 saturated heterocycles. The number of unbranched alkanes of at least 4 members (excludes halogenated alkanes) is 1. The Morgan fingerprint density at radius 2 is 1.95 bits per heavy atom. The number of nitrogens with zero attached hydrogens (tertiary/aromatic N) is 1. The first-order chi connectivity index (χ1) is 9.93. The van der Waals surface area contributed by atoms with Crippen molar-refractivity contribution in [1.29, 1.82) is 0 Å². The molecule has 0 aliphatic rings. The van der Waals surface area contributed by atoms with Crippen LogP contribution in [0.25, 0.3) is 0 Å². The molecule has 1 aromatic carbocycles. The quantitative estimate of drug-likeness (QED) is 0.356. The standard InChI is InChI=1S/C13H16N2O6/c1-2-3-4-11(12(16)21-13(14)17)20-10-7-5-9(6-8-10)15(18)19/h5-8,11H,2-4H2,1H3,(H2,14,17). The number of benzene rings is 1. The van der Waals surface area contributed by atoms with Gasteiger partial charge in [-0.25, -0.2) is 9.59 Å². The smallest absolute Gasteiger partial charge is 0.412 e. The van der Waals surface area contributed by atoms with Crippen LogP contribution < -0.4 is 10.5 Å². The summed E-state index contributed by atoms with van der Waals surface area (Å²) in [5.41, 5.74) is 4.70. The molecule has 1 unspecified atom stereocenters. The number of hydrogen-bond donors (Lipinski definition) is 1. The van der Waals surface area contributed by atoms with Crippen molar-refractivity contribution in [2.75, 3.05) is 0 Å². The first-order valence-corrected chi connectivity index (χ1v) is 6.36. The van der Waals surface area contributed by atoms with Crippen molar-refractivity contribution >= 4 is 17.7 Å². The van der Waals surface area contributed by atoms with Crippen molar-refractivity contribution < 1.29 is 24.0 Å². The average molecular weight is 296 g/mol. The van der Waals surface area contributed by atoms with E-state index >= 15 is 0 Å². The van der Waals surface area contributed by atoms with Gasteiger partial charge in [-0.05, 0) is 25.0 Å². The highest BCUT2D eigenvalue weighted by Gasteiger charge is 2.23. The number of esters is 1.